The van der Waals surface area contributed by atoms with Gasteiger partial charge in [0.05, 0.1) is 12.1 Å². The molecule has 7 heteroatoms. The van der Waals surface area contributed by atoms with Gasteiger partial charge in [-0.3, -0.25) is 24.3 Å². The van der Waals surface area contributed by atoms with Crippen LogP contribution in [0.4, 0.5) is 0 Å². The minimum Gasteiger partial charge on any atom is -0.381 e. The monoisotopic (exact) mass is 235 g/mol. The number of hydrogen-bond acceptors (Lipinski definition) is 5. The molecule has 0 bridgehead atoms. The summed E-state index contributed by atoms with van der Waals surface area (Å²) in [4.78, 5) is 38.7. The predicted octanol–water partition coefficient (Wildman–Crippen LogP) is -1.48. The van der Waals surface area contributed by atoms with Gasteiger partial charge in [0.15, 0.2) is 6.10 Å². The Morgan fingerprint density at radius 2 is 2.18 bits per heavy atom. The van der Waals surface area contributed by atoms with E-state index in [9.17, 15) is 19.5 Å². The number of amides is 3. The van der Waals surface area contributed by atoms with Gasteiger partial charge in [-0.2, -0.15) is 0 Å². The quantitative estimate of drug-likeness (QED) is 0.620. The lowest BCUT2D eigenvalue weighted by Gasteiger charge is -2.15. The minimum atomic E-state index is -1.57. The number of carbonyl (C=O) groups is 3. The highest BCUT2D eigenvalue weighted by Gasteiger charge is 2.38. The summed E-state index contributed by atoms with van der Waals surface area (Å²) in [5, 5.41) is 9.26. The molecule has 1 atom stereocenters. The van der Waals surface area contributed by atoms with E-state index in [0.29, 0.717) is 0 Å². The van der Waals surface area contributed by atoms with Crippen molar-refractivity contribution in [1.82, 2.24) is 9.88 Å². The van der Waals surface area contributed by atoms with Crippen LogP contribution in [-0.2, 0) is 4.79 Å². The molecule has 17 heavy (non-hydrogen) atoms. The molecule has 0 saturated carbocycles. The predicted molar refractivity (Wildman–Crippen MR) is 54.8 cm³/mol. The average molecular weight is 235 g/mol. The SMILES string of the molecule is NC(=O)C(O)CN1C(=O)c2cccnc2C1=O. The first-order valence-electron chi connectivity index (χ1n) is 4.81. The summed E-state index contributed by atoms with van der Waals surface area (Å²) in [6.45, 7) is -0.455. The Labute approximate surface area is 95.8 Å². The lowest BCUT2D eigenvalue weighted by Crippen LogP contribution is -2.42. The second kappa shape index (κ2) is 3.95. The van der Waals surface area contributed by atoms with Crippen molar-refractivity contribution >= 4 is 17.7 Å². The second-order valence-corrected chi connectivity index (χ2v) is 3.54. The number of primary amides is 1. The van der Waals surface area contributed by atoms with Crippen LogP contribution in [0.15, 0.2) is 18.3 Å². The zero-order chi connectivity index (χ0) is 12.6. The molecule has 2 heterocycles. The zero-order valence-electron chi connectivity index (χ0n) is 8.66. The maximum atomic E-state index is 11.8. The number of aliphatic hydroxyl groups is 1. The third-order valence-electron chi connectivity index (χ3n) is 2.41. The average Bonchev–Trinajstić information content (AvgIpc) is 2.55. The molecule has 1 aliphatic heterocycles. The topological polar surface area (TPSA) is 114 Å². The van der Waals surface area contributed by atoms with Gasteiger partial charge in [-0.1, -0.05) is 0 Å². The first kappa shape index (κ1) is 11.2. The number of imide groups is 1. The Bertz CT molecular complexity index is 479. The number of rotatable bonds is 3. The van der Waals surface area contributed by atoms with Crippen LogP contribution in [0.3, 0.4) is 0 Å². The number of nitrogens with zero attached hydrogens (tertiary/aromatic N) is 2. The molecule has 0 spiro atoms. The summed E-state index contributed by atoms with van der Waals surface area (Å²) in [5.74, 6) is -2.21. The summed E-state index contributed by atoms with van der Waals surface area (Å²) in [5.41, 5.74) is 5.04. The van der Waals surface area contributed by atoms with E-state index >= 15 is 0 Å². The molecule has 1 aliphatic rings. The van der Waals surface area contributed by atoms with Gasteiger partial charge in [-0.15, -0.1) is 0 Å². The van der Waals surface area contributed by atoms with E-state index in [4.69, 9.17) is 5.73 Å². The second-order valence-electron chi connectivity index (χ2n) is 3.54. The Morgan fingerprint density at radius 1 is 1.47 bits per heavy atom. The lowest BCUT2D eigenvalue weighted by molar-refractivity contribution is -0.126. The highest BCUT2D eigenvalue weighted by molar-refractivity contribution is 6.20. The number of pyridine rings is 1. The molecule has 3 N–H and O–H groups in total. The fourth-order valence-electron chi connectivity index (χ4n) is 1.54. The van der Waals surface area contributed by atoms with Gasteiger partial charge in [-0.25, -0.2) is 0 Å². The van der Waals surface area contributed by atoms with Crippen molar-refractivity contribution in [3.8, 4) is 0 Å². The third-order valence-corrected chi connectivity index (χ3v) is 2.41. The fraction of sp³-hybridized carbons (Fsp3) is 0.200. The Kier molecular flexibility index (Phi) is 2.60. The Balaban J connectivity index is 2.27. The van der Waals surface area contributed by atoms with E-state index < -0.39 is 30.4 Å². The van der Waals surface area contributed by atoms with Crippen LogP contribution in [0.2, 0.25) is 0 Å². The van der Waals surface area contributed by atoms with E-state index in [1.165, 1.54) is 18.3 Å². The van der Waals surface area contributed by atoms with E-state index in [0.717, 1.165) is 4.90 Å². The normalized spacial score (nSPS) is 15.9. The smallest absolute Gasteiger partial charge is 0.280 e. The van der Waals surface area contributed by atoms with Crippen LogP contribution in [0.1, 0.15) is 20.8 Å². The van der Waals surface area contributed by atoms with Crippen molar-refractivity contribution in [3.63, 3.8) is 0 Å². The fourth-order valence-corrected chi connectivity index (χ4v) is 1.54. The van der Waals surface area contributed by atoms with Crippen LogP contribution in [0.5, 0.6) is 0 Å². The molecule has 0 radical (unpaired) electrons. The van der Waals surface area contributed by atoms with Crippen molar-refractivity contribution < 1.29 is 19.5 Å². The van der Waals surface area contributed by atoms with Crippen molar-refractivity contribution in [2.24, 2.45) is 5.73 Å². The largest absolute Gasteiger partial charge is 0.381 e. The number of nitrogens with two attached hydrogens (primary N) is 1. The van der Waals surface area contributed by atoms with Gasteiger partial charge in [-0.05, 0) is 12.1 Å². The van der Waals surface area contributed by atoms with Crippen molar-refractivity contribution in [2.45, 2.75) is 6.10 Å². The van der Waals surface area contributed by atoms with Gasteiger partial charge in [0.25, 0.3) is 11.8 Å². The van der Waals surface area contributed by atoms with Gasteiger partial charge >= 0.3 is 0 Å². The summed E-state index contributed by atoms with van der Waals surface area (Å²) >= 11 is 0. The molecular formula is C10H9N3O4. The molecule has 1 aromatic rings. The van der Waals surface area contributed by atoms with E-state index in [2.05, 4.69) is 4.98 Å². The van der Waals surface area contributed by atoms with Gasteiger partial charge in [0.2, 0.25) is 5.91 Å². The van der Waals surface area contributed by atoms with Crippen LogP contribution in [-0.4, -0.2) is 45.4 Å². The molecule has 1 unspecified atom stereocenters. The molecule has 0 fully saturated rings. The zero-order valence-corrected chi connectivity index (χ0v) is 8.66. The molecular weight excluding hydrogens is 226 g/mol. The molecule has 1 aromatic heterocycles. The molecule has 88 valence electrons. The number of aliphatic hydroxyl groups excluding tert-OH is 1. The van der Waals surface area contributed by atoms with Gasteiger partial charge < -0.3 is 10.8 Å². The molecule has 0 aliphatic carbocycles. The highest BCUT2D eigenvalue weighted by Crippen LogP contribution is 2.20. The third kappa shape index (κ3) is 1.76. The first-order chi connectivity index (χ1) is 8.02. The molecule has 2 rings (SSSR count). The Morgan fingerprint density at radius 3 is 2.76 bits per heavy atom. The minimum absolute atomic E-state index is 0.0224. The van der Waals surface area contributed by atoms with Crippen molar-refractivity contribution in [3.05, 3.63) is 29.6 Å². The summed E-state index contributed by atoms with van der Waals surface area (Å²) in [6.07, 6.45) is -0.185. The molecule has 0 saturated heterocycles. The van der Waals surface area contributed by atoms with Gasteiger partial charge in [0, 0.05) is 6.20 Å². The van der Waals surface area contributed by atoms with Crippen LogP contribution in [0, 0.1) is 0 Å². The van der Waals surface area contributed by atoms with E-state index in [1.54, 1.807) is 0 Å². The van der Waals surface area contributed by atoms with E-state index in [1.807, 2.05) is 0 Å². The van der Waals surface area contributed by atoms with Crippen LogP contribution < -0.4 is 5.73 Å². The summed E-state index contributed by atoms with van der Waals surface area (Å²) < 4.78 is 0. The number of aromatic nitrogens is 1. The van der Waals surface area contributed by atoms with Crippen molar-refractivity contribution in [1.29, 1.82) is 0 Å². The Hall–Kier alpha value is -2.28. The molecule has 0 aromatic carbocycles. The molecule has 7 nitrogen and oxygen atoms in total. The number of β-amino-alcohol motifs (C(OH)–C–C–N with tert-alkyl or cyclic N) is 1. The maximum Gasteiger partial charge on any atom is 0.280 e. The van der Waals surface area contributed by atoms with Gasteiger partial charge in [0.1, 0.15) is 5.69 Å². The lowest BCUT2D eigenvalue weighted by atomic mass is 10.2. The highest BCUT2D eigenvalue weighted by atomic mass is 16.3. The standard InChI is InChI=1S/C10H9N3O4/c11-8(15)6(14)4-13-9(16)5-2-1-3-12-7(5)10(13)17/h1-3,6,14H,4H2,(H2,11,15). The van der Waals surface area contributed by atoms with Crippen LogP contribution in [0.25, 0.3) is 0 Å². The number of hydrogen-bond donors (Lipinski definition) is 2. The number of carbonyl (C=O) groups excluding carboxylic acids is 3. The summed E-state index contributed by atoms with van der Waals surface area (Å²) in [6, 6.07) is 2.98. The van der Waals surface area contributed by atoms with E-state index in [-0.39, 0.29) is 11.3 Å². The molecule has 3 amide bonds. The summed E-state index contributed by atoms with van der Waals surface area (Å²) in [7, 11) is 0. The first-order valence-corrected chi connectivity index (χ1v) is 4.81. The van der Waals surface area contributed by atoms with Crippen LogP contribution >= 0.6 is 0 Å². The number of fused-ring (bicyclic) bond motifs is 1. The maximum absolute atomic E-state index is 11.8. The van der Waals surface area contributed by atoms with Crippen molar-refractivity contribution in [2.75, 3.05) is 6.54 Å².